The van der Waals surface area contributed by atoms with E-state index in [4.69, 9.17) is 11.6 Å². The number of hydrogen-bond donors (Lipinski definition) is 1. The van der Waals surface area contributed by atoms with Gasteiger partial charge in [-0.15, -0.1) is 0 Å². The number of rotatable bonds is 4. The number of thiazole rings is 1. The lowest BCUT2D eigenvalue weighted by Crippen LogP contribution is -2.28. The highest BCUT2D eigenvalue weighted by molar-refractivity contribution is 7.22. The van der Waals surface area contributed by atoms with Gasteiger partial charge < -0.3 is 10.2 Å². The summed E-state index contributed by atoms with van der Waals surface area (Å²) in [6, 6.07) is 13.4. The van der Waals surface area contributed by atoms with Crippen molar-refractivity contribution in [2.45, 2.75) is 19.9 Å². The number of nitrogens with one attached hydrogen (secondary N) is 1. The van der Waals surface area contributed by atoms with Crippen LogP contribution in [0.2, 0.25) is 5.02 Å². The van der Waals surface area contributed by atoms with Crippen molar-refractivity contribution in [2.75, 3.05) is 11.9 Å². The van der Waals surface area contributed by atoms with Gasteiger partial charge in [-0.25, -0.2) is 4.98 Å². The van der Waals surface area contributed by atoms with E-state index in [0.717, 1.165) is 21.3 Å². The van der Waals surface area contributed by atoms with Crippen LogP contribution in [0.4, 0.5) is 5.13 Å². The molecule has 5 nitrogen and oxygen atoms in total. The fraction of sp³-hybridized carbons (Fsp3) is 0.250. The number of anilines is 1. The molecule has 1 fully saturated rings. The molecule has 1 atom stereocenters. The zero-order valence-electron chi connectivity index (χ0n) is 14.7. The third kappa shape index (κ3) is 3.68. The predicted molar refractivity (Wildman–Crippen MR) is 108 cm³/mol. The van der Waals surface area contributed by atoms with Crippen LogP contribution in [0.5, 0.6) is 0 Å². The molecule has 138 valence electrons. The van der Waals surface area contributed by atoms with E-state index >= 15 is 0 Å². The number of amides is 2. The fourth-order valence-corrected chi connectivity index (χ4v) is 4.42. The average molecular weight is 400 g/mol. The molecule has 2 amide bonds. The fourth-order valence-electron chi connectivity index (χ4n) is 3.28. The lowest BCUT2D eigenvalue weighted by Gasteiger charge is -2.17. The molecule has 1 saturated heterocycles. The standard InChI is InChI=1S/C20H18ClN3O2S/c1-12-5-4-8-16-18(12)22-20(27-16)23-19(26)14-9-17(25)24(11-14)10-13-6-2-3-7-15(13)21/h2-8,14H,9-11H2,1H3,(H,22,23,26)/t14-/m1/s1. The quantitative estimate of drug-likeness (QED) is 0.713. The maximum absolute atomic E-state index is 12.6. The number of aryl methyl sites for hydroxylation is 1. The van der Waals surface area contributed by atoms with Gasteiger partial charge >= 0.3 is 0 Å². The number of carbonyl (C=O) groups excluding carboxylic acids is 2. The summed E-state index contributed by atoms with van der Waals surface area (Å²) >= 11 is 7.63. The Morgan fingerprint density at radius 3 is 2.89 bits per heavy atom. The molecule has 2 aromatic carbocycles. The molecular formula is C20H18ClN3O2S. The lowest BCUT2D eigenvalue weighted by molar-refractivity contribution is -0.128. The highest BCUT2D eigenvalue weighted by atomic mass is 35.5. The molecule has 0 radical (unpaired) electrons. The van der Waals surface area contributed by atoms with Crippen LogP contribution in [-0.4, -0.2) is 28.2 Å². The van der Waals surface area contributed by atoms with Crippen LogP contribution in [0.15, 0.2) is 42.5 Å². The van der Waals surface area contributed by atoms with Crippen LogP contribution in [0.25, 0.3) is 10.2 Å². The summed E-state index contributed by atoms with van der Waals surface area (Å²) in [7, 11) is 0. The minimum atomic E-state index is -0.381. The molecule has 0 spiro atoms. The zero-order chi connectivity index (χ0) is 19.0. The Labute approximate surface area is 166 Å². The molecule has 4 rings (SSSR count). The molecule has 0 saturated carbocycles. The summed E-state index contributed by atoms with van der Waals surface area (Å²) < 4.78 is 1.04. The number of likely N-dealkylation sites (tertiary alicyclic amines) is 1. The Morgan fingerprint density at radius 1 is 1.30 bits per heavy atom. The lowest BCUT2D eigenvalue weighted by atomic mass is 10.1. The largest absolute Gasteiger partial charge is 0.337 e. The number of para-hydroxylation sites is 1. The first-order valence-corrected chi connectivity index (χ1v) is 9.89. The molecule has 0 unspecified atom stereocenters. The molecule has 3 aromatic rings. The van der Waals surface area contributed by atoms with E-state index in [-0.39, 0.29) is 24.2 Å². The summed E-state index contributed by atoms with van der Waals surface area (Å²) in [4.78, 5) is 31.2. The number of benzene rings is 2. The molecule has 0 bridgehead atoms. The Bertz CT molecular complexity index is 1030. The summed E-state index contributed by atoms with van der Waals surface area (Å²) in [5.41, 5.74) is 2.86. The second kappa shape index (κ2) is 7.29. The number of carbonyl (C=O) groups is 2. The van der Waals surface area contributed by atoms with E-state index in [1.165, 1.54) is 11.3 Å². The van der Waals surface area contributed by atoms with Gasteiger partial charge in [0.05, 0.1) is 16.1 Å². The summed E-state index contributed by atoms with van der Waals surface area (Å²) in [5, 5.41) is 4.08. The van der Waals surface area contributed by atoms with Crippen molar-refractivity contribution in [2.24, 2.45) is 5.92 Å². The molecule has 27 heavy (non-hydrogen) atoms. The molecule has 1 N–H and O–H groups in total. The van der Waals surface area contributed by atoms with Crippen molar-refractivity contribution in [1.82, 2.24) is 9.88 Å². The van der Waals surface area contributed by atoms with E-state index in [2.05, 4.69) is 10.3 Å². The van der Waals surface area contributed by atoms with Crippen LogP contribution in [0.1, 0.15) is 17.5 Å². The minimum absolute atomic E-state index is 0.0322. The topological polar surface area (TPSA) is 62.3 Å². The van der Waals surface area contributed by atoms with Gasteiger partial charge in [0.15, 0.2) is 5.13 Å². The van der Waals surface area contributed by atoms with Gasteiger partial charge in [0.25, 0.3) is 0 Å². The average Bonchev–Trinajstić information content (AvgIpc) is 3.21. The molecule has 7 heteroatoms. The van der Waals surface area contributed by atoms with E-state index in [1.807, 2.05) is 43.3 Å². The van der Waals surface area contributed by atoms with Crippen molar-refractivity contribution in [3.63, 3.8) is 0 Å². The first kappa shape index (κ1) is 17.9. The smallest absolute Gasteiger partial charge is 0.231 e. The van der Waals surface area contributed by atoms with Gasteiger partial charge in [-0.3, -0.25) is 9.59 Å². The van der Waals surface area contributed by atoms with Crippen molar-refractivity contribution >= 4 is 50.1 Å². The van der Waals surface area contributed by atoms with E-state index in [1.54, 1.807) is 11.0 Å². The Hall–Kier alpha value is -2.44. The van der Waals surface area contributed by atoms with Crippen molar-refractivity contribution in [1.29, 1.82) is 0 Å². The monoisotopic (exact) mass is 399 g/mol. The molecule has 1 aliphatic heterocycles. The third-order valence-corrected chi connectivity index (χ3v) is 6.06. The van der Waals surface area contributed by atoms with Crippen LogP contribution < -0.4 is 5.32 Å². The molecule has 0 aliphatic carbocycles. The summed E-state index contributed by atoms with van der Waals surface area (Å²) in [6.45, 7) is 2.80. The number of hydrogen-bond acceptors (Lipinski definition) is 4. The van der Waals surface area contributed by atoms with Crippen molar-refractivity contribution < 1.29 is 9.59 Å². The number of nitrogens with zero attached hydrogens (tertiary/aromatic N) is 2. The van der Waals surface area contributed by atoms with Crippen LogP contribution in [0, 0.1) is 12.8 Å². The third-order valence-electron chi connectivity index (χ3n) is 4.76. The van der Waals surface area contributed by atoms with Crippen molar-refractivity contribution in [3.05, 3.63) is 58.6 Å². The first-order chi connectivity index (χ1) is 13.0. The number of fused-ring (bicyclic) bond motifs is 1. The number of aromatic nitrogens is 1. The van der Waals surface area contributed by atoms with Crippen LogP contribution >= 0.6 is 22.9 Å². The van der Waals surface area contributed by atoms with Gasteiger partial charge in [-0.1, -0.05) is 53.3 Å². The highest BCUT2D eigenvalue weighted by Gasteiger charge is 2.34. The first-order valence-electron chi connectivity index (χ1n) is 8.69. The molecule has 2 heterocycles. The zero-order valence-corrected chi connectivity index (χ0v) is 16.3. The Kier molecular flexibility index (Phi) is 4.85. The van der Waals surface area contributed by atoms with E-state index in [9.17, 15) is 9.59 Å². The highest BCUT2D eigenvalue weighted by Crippen LogP contribution is 2.29. The van der Waals surface area contributed by atoms with E-state index < -0.39 is 0 Å². The predicted octanol–water partition coefficient (Wildman–Crippen LogP) is 4.25. The number of halogens is 1. The maximum Gasteiger partial charge on any atom is 0.231 e. The second-order valence-electron chi connectivity index (χ2n) is 6.70. The molecule has 1 aromatic heterocycles. The summed E-state index contributed by atoms with van der Waals surface area (Å²) in [5.74, 6) is -0.579. The normalized spacial score (nSPS) is 16.9. The second-order valence-corrected chi connectivity index (χ2v) is 8.13. The van der Waals surface area contributed by atoms with Gasteiger partial charge in [-0.2, -0.15) is 0 Å². The Morgan fingerprint density at radius 2 is 2.11 bits per heavy atom. The van der Waals surface area contributed by atoms with Crippen LogP contribution in [0.3, 0.4) is 0 Å². The van der Waals surface area contributed by atoms with Gasteiger partial charge in [-0.05, 0) is 30.2 Å². The molecular weight excluding hydrogens is 382 g/mol. The summed E-state index contributed by atoms with van der Waals surface area (Å²) in [6.07, 6.45) is 0.209. The van der Waals surface area contributed by atoms with Crippen molar-refractivity contribution in [3.8, 4) is 0 Å². The van der Waals surface area contributed by atoms with Gasteiger partial charge in [0.1, 0.15) is 0 Å². The Balaban J connectivity index is 1.44. The molecule has 1 aliphatic rings. The van der Waals surface area contributed by atoms with E-state index in [0.29, 0.717) is 23.2 Å². The van der Waals surface area contributed by atoms with Crippen LogP contribution in [-0.2, 0) is 16.1 Å². The van der Waals surface area contributed by atoms with Gasteiger partial charge in [0.2, 0.25) is 11.8 Å². The van der Waals surface area contributed by atoms with Gasteiger partial charge in [0, 0.05) is 24.5 Å². The maximum atomic E-state index is 12.6. The SMILES string of the molecule is Cc1cccc2sc(NC(=O)[C@@H]3CC(=O)N(Cc4ccccc4Cl)C3)nc12. The minimum Gasteiger partial charge on any atom is -0.337 e.